The van der Waals surface area contributed by atoms with Gasteiger partial charge in [0.2, 0.25) is 5.91 Å². The number of carbonyl (C=O) groups is 1. The molecule has 104 valence electrons. The number of aryl methyl sites for hydroxylation is 2. The molecule has 1 heterocycles. The summed E-state index contributed by atoms with van der Waals surface area (Å²) in [7, 11) is 0. The van der Waals surface area contributed by atoms with Crippen LogP contribution in [0.2, 0.25) is 0 Å². The van der Waals surface area contributed by atoms with Crippen molar-refractivity contribution in [2.75, 3.05) is 13.2 Å². The Hall–Kier alpha value is -1.55. The normalized spacial score (nSPS) is 20.7. The van der Waals surface area contributed by atoms with Crippen molar-refractivity contribution >= 4 is 5.91 Å². The van der Waals surface area contributed by atoms with Crippen LogP contribution in [-0.2, 0) is 4.79 Å². The summed E-state index contributed by atoms with van der Waals surface area (Å²) in [5.74, 6) is 0.895. The first-order chi connectivity index (χ1) is 8.99. The lowest BCUT2D eigenvalue weighted by molar-refractivity contribution is -0.129. The fourth-order valence-corrected chi connectivity index (χ4v) is 2.46. The van der Waals surface area contributed by atoms with E-state index in [4.69, 9.17) is 4.74 Å². The van der Waals surface area contributed by atoms with Crippen molar-refractivity contribution in [3.63, 3.8) is 0 Å². The van der Waals surface area contributed by atoms with Crippen molar-refractivity contribution in [3.05, 3.63) is 29.3 Å². The average molecular weight is 263 g/mol. The lowest BCUT2D eigenvalue weighted by Crippen LogP contribution is -2.38. The molecule has 1 N–H and O–H groups in total. The molecular formula is C15H21NO3. The van der Waals surface area contributed by atoms with E-state index >= 15 is 0 Å². The maximum atomic E-state index is 11.7. The smallest absolute Gasteiger partial charge is 0.225 e. The van der Waals surface area contributed by atoms with Crippen molar-refractivity contribution in [2.24, 2.45) is 0 Å². The predicted molar refractivity (Wildman–Crippen MR) is 73.2 cm³/mol. The molecule has 0 radical (unpaired) electrons. The summed E-state index contributed by atoms with van der Waals surface area (Å²) in [6.45, 7) is 6.83. The van der Waals surface area contributed by atoms with E-state index < -0.39 is 6.10 Å². The van der Waals surface area contributed by atoms with E-state index in [1.165, 1.54) is 0 Å². The van der Waals surface area contributed by atoms with Gasteiger partial charge in [0.15, 0.2) is 0 Å². The third-order valence-corrected chi connectivity index (χ3v) is 3.55. The highest BCUT2D eigenvalue weighted by molar-refractivity contribution is 5.79. The van der Waals surface area contributed by atoms with Crippen LogP contribution < -0.4 is 4.74 Å². The molecule has 1 saturated heterocycles. The fraction of sp³-hybridized carbons (Fsp3) is 0.533. The molecule has 2 atom stereocenters. The summed E-state index contributed by atoms with van der Waals surface area (Å²) in [5, 5.41) is 9.49. The standard InChI is InChI=1S/C15H21NO3/c1-10-5-4-6-11(2)15(10)19-9-12(3)16-8-13(17)7-14(16)18/h4-6,12-13,17H,7-9H2,1-3H3. The molecule has 1 aromatic carbocycles. The van der Waals surface area contributed by atoms with Crippen LogP contribution in [-0.4, -0.2) is 41.2 Å². The van der Waals surface area contributed by atoms with Gasteiger partial charge in [-0.15, -0.1) is 0 Å². The van der Waals surface area contributed by atoms with Gasteiger partial charge in [-0.1, -0.05) is 18.2 Å². The number of nitrogens with zero attached hydrogens (tertiary/aromatic N) is 1. The minimum Gasteiger partial charge on any atom is -0.491 e. The van der Waals surface area contributed by atoms with Crippen molar-refractivity contribution in [1.29, 1.82) is 0 Å². The van der Waals surface area contributed by atoms with Crippen LogP contribution in [0.25, 0.3) is 0 Å². The molecular weight excluding hydrogens is 242 g/mol. The summed E-state index contributed by atoms with van der Waals surface area (Å²) in [4.78, 5) is 13.4. The van der Waals surface area contributed by atoms with Gasteiger partial charge in [0.25, 0.3) is 0 Å². The molecule has 0 saturated carbocycles. The Balaban J connectivity index is 1.97. The summed E-state index contributed by atoms with van der Waals surface area (Å²) >= 11 is 0. The highest BCUT2D eigenvalue weighted by Crippen LogP contribution is 2.23. The number of β-amino-alcohol motifs (C(OH)–C–C–N with tert-alkyl or cyclic N) is 1. The minimum atomic E-state index is -0.532. The molecule has 1 aliphatic rings. The first-order valence-corrected chi connectivity index (χ1v) is 6.65. The molecule has 0 aliphatic carbocycles. The minimum absolute atomic E-state index is 0.00473. The second-order valence-corrected chi connectivity index (χ2v) is 5.29. The Kier molecular flexibility index (Phi) is 4.10. The highest BCUT2D eigenvalue weighted by Gasteiger charge is 2.31. The molecule has 1 aliphatic heterocycles. The summed E-state index contributed by atoms with van der Waals surface area (Å²) in [5.41, 5.74) is 2.19. The largest absolute Gasteiger partial charge is 0.491 e. The quantitative estimate of drug-likeness (QED) is 0.899. The Morgan fingerprint density at radius 2 is 2.05 bits per heavy atom. The van der Waals surface area contributed by atoms with Gasteiger partial charge in [0, 0.05) is 6.54 Å². The van der Waals surface area contributed by atoms with Crippen LogP contribution in [0.4, 0.5) is 0 Å². The van der Waals surface area contributed by atoms with E-state index in [9.17, 15) is 9.90 Å². The van der Waals surface area contributed by atoms with E-state index in [1.807, 2.05) is 39.0 Å². The Morgan fingerprint density at radius 3 is 2.58 bits per heavy atom. The van der Waals surface area contributed by atoms with Crippen LogP contribution in [0.1, 0.15) is 24.5 Å². The van der Waals surface area contributed by atoms with Gasteiger partial charge in [0.1, 0.15) is 12.4 Å². The van der Waals surface area contributed by atoms with Crippen LogP contribution in [0.3, 0.4) is 0 Å². The van der Waals surface area contributed by atoms with Gasteiger partial charge in [0.05, 0.1) is 18.6 Å². The second kappa shape index (κ2) is 5.61. The van der Waals surface area contributed by atoms with Gasteiger partial charge in [-0.2, -0.15) is 0 Å². The SMILES string of the molecule is Cc1cccc(C)c1OCC(C)N1CC(O)CC1=O. The first kappa shape index (κ1) is 13.9. The third-order valence-electron chi connectivity index (χ3n) is 3.55. The van der Waals surface area contributed by atoms with Crippen LogP contribution in [0, 0.1) is 13.8 Å². The summed E-state index contributed by atoms with van der Waals surface area (Å²) in [6, 6.07) is 6.00. The molecule has 1 aromatic rings. The molecule has 2 unspecified atom stereocenters. The highest BCUT2D eigenvalue weighted by atomic mass is 16.5. The number of rotatable bonds is 4. The van der Waals surface area contributed by atoms with Gasteiger partial charge in [-0.3, -0.25) is 4.79 Å². The first-order valence-electron chi connectivity index (χ1n) is 6.65. The predicted octanol–water partition coefficient (Wildman–Crippen LogP) is 1.66. The maximum absolute atomic E-state index is 11.7. The average Bonchev–Trinajstić information content (AvgIpc) is 2.67. The molecule has 4 heteroatoms. The number of hydrogen-bond acceptors (Lipinski definition) is 3. The van der Waals surface area contributed by atoms with Gasteiger partial charge in [-0.25, -0.2) is 0 Å². The second-order valence-electron chi connectivity index (χ2n) is 5.29. The van der Waals surface area contributed by atoms with Gasteiger partial charge < -0.3 is 14.7 Å². The maximum Gasteiger partial charge on any atom is 0.225 e. The Bertz CT molecular complexity index is 452. The van der Waals surface area contributed by atoms with E-state index in [1.54, 1.807) is 4.90 Å². The molecule has 2 rings (SSSR count). The zero-order chi connectivity index (χ0) is 14.0. The summed E-state index contributed by atoms with van der Waals surface area (Å²) < 4.78 is 5.85. The molecule has 0 bridgehead atoms. The van der Waals surface area contributed by atoms with Crippen LogP contribution >= 0.6 is 0 Å². The molecule has 1 fully saturated rings. The van der Waals surface area contributed by atoms with E-state index in [-0.39, 0.29) is 18.4 Å². The van der Waals surface area contributed by atoms with Crippen molar-refractivity contribution in [2.45, 2.75) is 39.3 Å². The number of likely N-dealkylation sites (tertiary alicyclic amines) is 1. The number of benzene rings is 1. The molecule has 0 spiro atoms. The number of amides is 1. The lowest BCUT2D eigenvalue weighted by atomic mass is 10.1. The monoisotopic (exact) mass is 263 g/mol. The van der Waals surface area contributed by atoms with Crippen LogP contribution in [0.5, 0.6) is 5.75 Å². The van der Waals surface area contributed by atoms with Gasteiger partial charge >= 0.3 is 0 Å². The lowest BCUT2D eigenvalue weighted by Gasteiger charge is -2.25. The van der Waals surface area contributed by atoms with E-state index in [0.29, 0.717) is 13.2 Å². The summed E-state index contributed by atoms with van der Waals surface area (Å²) in [6.07, 6.45) is -0.302. The number of aliphatic hydroxyl groups excluding tert-OH is 1. The molecule has 0 aromatic heterocycles. The van der Waals surface area contributed by atoms with E-state index in [0.717, 1.165) is 16.9 Å². The molecule has 1 amide bonds. The van der Waals surface area contributed by atoms with E-state index in [2.05, 4.69) is 0 Å². The number of aliphatic hydroxyl groups is 1. The van der Waals surface area contributed by atoms with Gasteiger partial charge in [-0.05, 0) is 31.9 Å². The zero-order valence-electron chi connectivity index (χ0n) is 11.7. The van der Waals surface area contributed by atoms with Crippen LogP contribution in [0.15, 0.2) is 18.2 Å². The number of hydrogen-bond donors (Lipinski definition) is 1. The van der Waals surface area contributed by atoms with Crippen molar-refractivity contribution in [1.82, 2.24) is 4.90 Å². The Morgan fingerprint density at radius 1 is 1.42 bits per heavy atom. The topological polar surface area (TPSA) is 49.8 Å². The fourth-order valence-electron chi connectivity index (χ4n) is 2.46. The number of carbonyl (C=O) groups excluding carboxylic acids is 1. The number of para-hydroxylation sites is 1. The zero-order valence-corrected chi connectivity index (χ0v) is 11.7. The molecule has 4 nitrogen and oxygen atoms in total. The Labute approximate surface area is 114 Å². The van der Waals surface area contributed by atoms with Crippen molar-refractivity contribution in [3.8, 4) is 5.75 Å². The third kappa shape index (κ3) is 3.07. The number of ether oxygens (including phenoxy) is 1. The molecule has 19 heavy (non-hydrogen) atoms. The van der Waals surface area contributed by atoms with Crippen molar-refractivity contribution < 1.29 is 14.6 Å².